The quantitative estimate of drug-likeness (QED) is 0.0743. The molecule has 0 radical (unpaired) electrons. The maximum absolute atomic E-state index is 16.0. The van der Waals surface area contributed by atoms with Crippen LogP contribution in [0.2, 0.25) is 10.0 Å². The number of carboxylic acids is 1. The van der Waals surface area contributed by atoms with Crippen molar-refractivity contribution in [2.45, 2.75) is 156 Å². The van der Waals surface area contributed by atoms with Gasteiger partial charge in [0.05, 0.1) is 41.3 Å². The Bertz CT molecular complexity index is 4070. The molecule has 33 nitrogen and oxygen atoms in total. The maximum atomic E-state index is 16.0. The van der Waals surface area contributed by atoms with Gasteiger partial charge in [0.15, 0.2) is 29.9 Å². The molecule has 5 aromatic rings. The molecule has 2 saturated heterocycles. The van der Waals surface area contributed by atoms with Gasteiger partial charge in [-0.25, -0.2) is 4.79 Å². The lowest BCUT2D eigenvalue weighted by atomic mass is 9.86. The van der Waals surface area contributed by atoms with Gasteiger partial charge in [-0.05, 0) is 110 Å². The molecule has 35 heteroatoms. The van der Waals surface area contributed by atoms with Gasteiger partial charge in [-0.15, -0.1) is 0 Å². The average Bonchev–Trinajstić information content (AvgIpc) is 0.775. The molecule has 0 aromatic heterocycles. The summed E-state index contributed by atoms with van der Waals surface area (Å²) in [6, 6.07) is -0.679. The van der Waals surface area contributed by atoms with Gasteiger partial charge in [-0.3, -0.25) is 33.6 Å². The first-order valence-electron chi connectivity index (χ1n) is 31.6. The Morgan fingerprint density at radius 3 is 1.90 bits per heavy atom. The number of hydrogen-bond acceptors (Lipinski definition) is 25. The summed E-state index contributed by atoms with van der Waals surface area (Å²) in [7, 11) is 1.47. The van der Waals surface area contributed by atoms with Crippen molar-refractivity contribution >= 4 is 70.5 Å². The van der Waals surface area contributed by atoms with Crippen LogP contribution in [0.3, 0.4) is 0 Å². The molecule has 7 heterocycles. The van der Waals surface area contributed by atoms with Crippen molar-refractivity contribution in [2.75, 3.05) is 13.7 Å². The van der Waals surface area contributed by atoms with Crippen LogP contribution in [0.4, 0.5) is 0 Å². The van der Waals surface area contributed by atoms with Gasteiger partial charge in [-0.1, -0.05) is 55.2 Å². The van der Waals surface area contributed by atoms with Crippen molar-refractivity contribution in [1.29, 1.82) is 0 Å². The second kappa shape index (κ2) is 30.2. The number of nitrogens with two attached hydrogens (primary N) is 2. The Hall–Kier alpha value is -9.20. The van der Waals surface area contributed by atoms with Gasteiger partial charge in [0.25, 0.3) is 0 Å². The van der Waals surface area contributed by atoms with Crippen LogP contribution in [0, 0.1) is 5.92 Å². The summed E-state index contributed by atoms with van der Waals surface area (Å²) in [6.45, 7) is 5.66. The van der Waals surface area contributed by atoms with E-state index in [4.69, 9.17) is 63.1 Å². The number of phenolic OH excluding ortho intramolecular Hbond substituents is 3. The van der Waals surface area contributed by atoms with E-state index in [-0.39, 0.29) is 46.2 Å². The van der Waals surface area contributed by atoms with Gasteiger partial charge in [0.1, 0.15) is 89.5 Å². The third-order valence-corrected chi connectivity index (χ3v) is 18.4. The van der Waals surface area contributed by atoms with Gasteiger partial charge in [0.2, 0.25) is 53.4 Å². The van der Waals surface area contributed by atoms with E-state index in [9.17, 15) is 75.0 Å². The second-order valence-electron chi connectivity index (χ2n) is 25.7. The summed E-state index contributed by atoms with van der Waals surface area (Å²) < 4.78 is 38.3. The number of carbonyl (C=O) groups excluding carboxylic acids is 7. The number of primary amides is 1. The Labute approximate surface area is 584 Å². The molecule has 0 saturated carbocycles. The maximum Gasteiger partial charge on any atom is 0.330 e. The predicted molar refractivity (Wildman–Crippen MR) is 349 cm³/mol. The minimum Gasteiger partial charge on any atom is -0.508 e. The van der Waals surface area contributed by atoms with E-state index < -0.39 is 237 Å². The van der Waals surface area contributed by atoms with Crippen LogP contribution >= 0.6 is 23.2 Å². The molecule has 0 aliphatic carbocycles. The molecule has 0 spiro atoms. The fourth-order valence-electron chi connectivity index (χ4n) is 12.5. The second-order valence-corrected chi connectivity index (χ2v) is 26.5. The first-order valence-corrected chi connectivity index (χ1v) is 32.4. The van der Waals surface area contributed by atoms with E-state index in [1.807, 2.05) is 13.8 Å². The Balaban J connectivity index is 1.24. The van der Waals surface area contributed by atoms with Crippen molar-refractivity contribution in [3.05, 3.63) is 117 Å². The van der Waals surface area contributed by atoms with Crippen LogP contribution in [0.25, 0.3) is 11.1 Å². The highest BCUT2D eigenvalue weighted by Gasteiger charge is 2.51. The average molecular weight is 1450 g/mol. The molecular formula is C66H75Cl2N9O24. The number of halogens is 2. The third kappa shape index (κ3) is 15.8. The van der Waals surface area contributed by atoms with Crippen LogP contribution in [0.5, 0.6) is 46.0 Å². The van der Waals surface area contributed by atoms with Gasteiger partial charge in [-0.2, -0.15) is 0 Å². The zero-order chi connectivity index (χ0) is 73.5. The topological polar surface area (TPSA) is 530 Å². The summed E-state index contributed by atoms with van der Waals surface area (Å²) in [5, 5.41) is 131. The first kappa shape index (κ1) is 74.5. The van der Waals surface area contributed by atoms with Gasteiger partial charge < -0.3 is 128 Å². The van der Waals surface area contributed by atoms with Crippen molar-refractivity contribution in [3.8, 4) is 57.1 Å². The van der Waals surface area contributed by atoms with Crippen LogP contribution in [-0.4, -0.2) is 191 Å². The van der Waals surface area contributed by atoms with Crippen molar-refractivity contribution < 1.29 is 118 Å². The highest BCUT2D eigenvalue weighted by atomic mass is 35.5. The highest BCUT2D eigenvalue weighted by molar-refractivity contribution is 6.32. The molecule has 11 bridgehead atoms. The molecule has 7 aliphatic heterocycles. The normalized spacial score (nSPS) is 29.4. The fourth-order valence-corrected chi connectivity index (χ4v) is 12.9. The number of rotatable bonds is 13. The molecule has 7 amide bonds. The number of nitrogens with one attached hydrogen (secondary N) is 7. The number of amides is 7. The number of ether oxygens (including phenoxy) is 6. The first-order chi connectivity index (χ1) is 47.7. The van der Waals surface area contributed by atoms with Crippen LogP contribution < -0.4 is 62.9 Å². The lowest BCUT2D eigenvalue weighted by Gasteiger charge is -2.47. The Morgan fingerprint density at radius 2 is 1.32 bits per heavy atom. The summed E-state index contributed by atoms with van der Waals surface area (Å²) in [4.78, 5) is 117. The number of phenols is 3. The van der Waals surface area contributed by atoms with Gasteiger partial charge >= 0.3 is 5.97 Å². The fraction of sp³-hybridized carbons (Fsp3) is 0.424. The number of aliphatic hydroxyl groups excluding tert-OH is 6. The summed E-state index contributed by atoms with van der Waals surface area (Å²) in [6.07, 6.45) is -18.6. The number of likely N-dealkylation sites (N-methyl/N-ethyl adjacent to an activating group) is 1. The van der Waals surface area contributed by atoms with Gasteiger partial charge in [0, 0.05) is 34.7 Å². The zero-order valence-corrected chi connectivity index (χ0v) is 55.8. The summed E-state index contributed by atoms with van der Waals surface area (Å²) >= 11 is 14.1. The number of benzene rings is 5. The Kier molecular flexibility index (Phi) is 22.2. The molecule has 21 N–H and O–H groups in total. The number of aliphatic carboxylic acids is 1. The van der Waals surface area contributed by atoms with Crippen molar-refractivity contribution in [1.82, 2.24) is 37.2 Å². The van der Waals surface area contributed by atoms with Crippen LogP contribution in [0.1, 0.15) is 105 Å². The standard InChI is InChI=1S/C66H75Cl2N9O24/c1-23(2)12-34(71-5)58(88)76-49-51(83)26-7-10-38(32(67)14-26)97-40-16-28-17-41(55(40)101-65-56(54(86)53(85)42(22-78)99-65)100-44-21-66(4,70)57(87)24(3)96-44)98-39-11-8-27(15-33(39)68)52(84)50-63(93)75-48(64(94)95)31-18-29(79)19-37(81)45(31)30-13-25(6-9-36(30)80)46(60(90)77-50)74-61(91)47(28)73-59(89)35(20-43(69)82)72-62(49)92/h6-11,13-19,23-24,34-35,42,44,46-54,56-57,65,71,78-81,83-87H,12,20-22,70H2,1-5H3,(H2,69,82)(H,72,92)(H,73,89)(H,74,91)(H,75,93)(H,76,88)(H,77,90)(H,94,95)/t24-,34+,35-,42+,44?,46+,47+,48-,49+,50+,51+,52+,53+,54-,56?,57+,65-,66-/m0/s1. The van der Waals surface area contributed by atoms with E-state index in [2.05, 4.69) is 37.2 Å². The molecule has 18 atom stereocenters. The molecule has 542 valence electrons. The largest absolute Gasteiger partial charge is 0.508 e. The summed E-state index contributed by atoms with van der Waals surface area (Å²) in [5.41, 5.74) is 8.00. The minimum absolute atomic E-state index is 0.0975. The van der Waals surface area contributed by atoms with Crippen LogP contribution in [0.15, 0.2) is 78.9 Å². The van der Waals surface area contributed by atoms with Crippen molar-refractivity contribution in [3.63, 3.8) is 0 Å². The smallest absolute Gasteiger partial charge is 0.330 e. The summed E-state index contributed by atoms with van der Waals surface area (Å²) in [5.74, 6) is -16.0. The lowest BCUT2D eigenvalue weighted by molar-refractivity contribution is -0.333. The SMILES string of the molecule is CN[C@H](CC(C)C)C(=O)N[C@H]1C(=O)N[C@@H](CC(N)=O)C(=O)N[C@H]2C(=O)N[C@H]3C(=O)N[C@@H](C(=O)N[C@H](C(=O)O)c4cc(O)cc(O)c4-c4cc3ccc4O)[C@H](O)c3ccc(c(Cl)c3)Oc3cc2cc(c3O[C@@H]2O[C@H](CO)[C@@H](O)[C@H](O)C2OC2C[C@](C)(N)[C@H](O)[C@H](C)O2)Oc2ccc(cc2Cl)[C@H]1O. The number of aromatic hydroxyl groups is 3. The van der Waals surface area contributed by atoms with Crippen LogP contribution in [-0.2, 0) is 52.6 Å². The highest BCUT2D eigenvalue weighted by Crippen LogP contribution is 2.50. The van der Waals surface area contributed by atoms with E-state index >= 15 is 14.4 Å². The molecule has 12 rings (SSSR count). The molecule has 2 unspecified atom stereocenters. The third-order valence-electron chi connectivity index (χ3n) is 17.8. The molecule has 7 aliphatic rings. The number of aliphatic hydroxyl groups is 6. The number of carbonyl (C=O) groups is 8. The molecule has 101 heavy (non-hydrogen) atoms. The molecular weight excluding hydrogens is 1370 g/mol. The van der Waals surface area contributed by atoms with E-state index in [1.54, 1.807) is 0 Å². The van der Waals surface area contributed by atoms with E-state index in [1.165, 1.54) is 33.0 Å². The number of hydrogen-bond donors (Lipinski definition) is 19. The number of fused-ring (bicyclic) bond motifs is 15. The predicted octanol–water partition coefficient (Wildman–Crippen LogP) is 0.106. The molecule has 5 aromatic carbocycles. The van der Waals surface area contributed by atoms with E-state index in [0.717, 1.165) is 66.7 Å². The lowest BCUT2D eigenvalue weighted by Crippen LogP contribution is -2.64. The minimum atomic E-state index is -2.35. The van der Waals surface area contributed by atoms with E-state index in [0.29, 0.717) is 0 Å². The monoisotopic (exact) mass is 1450 g/mol. The molecule has 2 fully saturated rings. The zero-order valence-electron chi connectivity index (χ0n) is 54.3. The van der Waals surface area contributed by atoms with Crippen molar-refractivity contribution in [2.24, 2.45) is 17.4 Å². The Morgan fingerprint density at radius 1 is 0.713 bits per heavy atom. The number of carboxylic acid groups (broad SMARTS) is 1.